The molecule has 0 unspecified atom stereocenters. The first-order valence-electron chi connectivity index (χ1n) is 7.97. The molecule has 1 N–H and O–H groups in total. The van der Waals surface area contributed by atoms with Crippen LogP contribution in [0.3, 0.4) is 0 Å². The summed E-state index contributed by atoms with van der Waals surface area (Å²) >= 11 is 0. The molecule has 27 heavy (non-hydrogen) atoms. The Labute approximate surface area is 155 Å². The van der Waals surface area contributed by atoms with Crippen molar-refractivity contribution in [2.75, 3.05) is 7.11 Å². The number of nitrogens with zero attached hydrogens (tertiary/aromatic N) is 2. The number of carboxylic acid groups (broad SMARTS) is 1. The molecule has 7 nitrogen and oxygen atoms in total. The van der Waals surface area contributed by atoms with E-state index in [1.165, 1.54) is 7.11 Å². The van der Waals surface area contributed by atoms with Crippen LogP contribution in [0.25, 0.3) is 5.57 Å². The van der Waals surface area contributed by atoms with Crippen molar-refractivity contribution in [2.24, 2.45) is 0 Å². The van der Waals surface area contributed by atoms with E-state index in [-0.39, 0.29) is 17.5 Å². The predicted octanol–water partition coefficient (Wildman–Crippen LogP) is 3.75. The maximum atomic E-state index is 11.7. The van der Waals surface area contributed by atoms with E-state index in [4.69, 9.17) is 14.2 Å². The van der Waals surface area contributed by atoms with E-state index in [1.807, 2.05) is 0 Å². The second kappa shape index (κ2) is 8.48. The summed E-state index contributed by atoms with van der Waals surface area (Å²) < 4.78 is 16.4. The van der Waals surface area contributed by atoms with Crippen molar-refractivity contribution >= 4 is 11.5 Å². The summed E-state index contributed by atoms with van der Waals surface area (Å²) in [5.41, 5.74) is 0.378. The van der Waals surface area contributed by atoms with Gasteiger partial charge in [0.1, 0.15) is 17.1 Å². The fourth-order valence-electron chi connectivity index (χ4n) is 2.28. The highest BCUT2D eigenvalue weighted by atomic mass is 16.7. The third-order valence-electron chi connectivity index (χ3n) is 3.43. The van der Waals surface area contributed by atoms with Crippen LogP contribution in [0.15, 0.2) is 79.0 Å². The molecule has 0 spiro atoms. The molecule has 3 rings (SSSR count). The minimum atomic E-state index is -1.16. The molecule has 2 aromatic carbocycles. The van der Waals surface area contributed by atoms with Crippen LogP contribution in [0.5, 0.6) is 17.5 Å². The lowest BCUT2D eigenvalue weighted by molar-refractivity contribution is -0.130. The molecule has 3 aromatic rings. The third kappa shape index (κ3) is 4.60. The molecule has 0 saturated heterocycles. The van der Waals surface area contributed by atoms with Gasteiger partial charge in [0.25, 0.3) is 5.95 Å². The van der Waals surface area contributed by atoms with Gasteiger partial charge in [0.05, 0.1) is 7.11 Å². The normalized spacial score (nSPS) is 11.3. The number of methoxy groups -OCH3 is 1. The van der Waals surface area contributed by atoms with Crippen molar-refractivity contribution in [1.82, 2.24) is 9.97 Å². The zero-order chi connectivity index (χ0) is 19.1. The lowest BCUT2D eigenvalue weighted by Gasteiger charge is -2.13. The Kier molecular flexibility index (Phi) is 5.64. The summed E-state index contributed by atoms with van der Waals surface area (Å²) in [6.45, 7) is 0. The van der Waals surface area contributed by atoms with Crippen LogP contribution >= 0.6 is 0 Å². The predicted molar refractivity (Wildman–Crippen MR) is 97.2 cm³/mol. The topological polar surface area (TPSA) is 90.8 Å². The number of hydrogen-bond acceptors (Lipinski definition) is 6. The lowest BCUT2D eigenvalue weighted by Crippen LogP contribution is -2.09. The summed E-state index contributed by atoms with van der Waals surface area (Å²) in [7, 11) is 1.35. The highest BCUT2D eigenvalue weighted by Crippen LogP contribution is 2.27. The smallest absolute Gasteiger partial charge is 0.343 e. The highest BCUT2D eigenvalue weighted by Gasteiger charge is 2.20. The molecule has 0 atom stereocenters. The average molecular weight is 364 g/mol. The number of carbonyl (C=O) groups is 1. The fraction of sp³-hybridized carbons (Fsp3) is 0.0500. The minimum absolute atomic E-state index is 0.0872. The van der Waals surface area contributed by atoms with E-state index in [9.17, 15) is 9.90 Å². The first-order valence-corrected chi connectivity index (χ1v) is 7.97. The second-order valence-corrected chi connectivity index (χ2v) is 5.25. The minimum Gasteiger partial charge on any atom is -0.477 e. The molecular weight excluding hydrogens is 348 g/mol. The van der Waals surface area contributed by atoms with Gasteiger partial charge in [-0.05, 0) is 23.8 Å². The van der Waals surface area contributed by atoms with Gasteiger partial charge < -0.3 is 19.3 Å². The van der Waals surface area contributed by atoms with Gasteiger partial charge in [-0.15, -0.1) is 0 Å². The summed E-state index contributed by atoms with van der Waals surface area (Å²) in [5.74, 6) is -0.523. The molecule has 0 fully saturated rings. The van der Waals surface area contributed by atoms with E-state index < -0.39 is 5.97 Å². The van der Waals surface area contributed by atoms with Gasteiger partial charge in [-0.25, -0.2) is 14.8 Å². The zero-order valence-corrected chi connectivity index (χ0v) is 14.4. The number of ether oxygens (including phenoxy) is 3. The number of carboxylic acids is 1. The van der Waals surface area contributed by atoms with Crippen LogP contribution in [0.4, 0.5) is 0 Å². The number of aromatic nitrogens is 2. The molecule has 0 aliphatic carbocycles. The van der Waals surface area contributed by atoms with Crippen molar-refractivity contribution in [3.63, 3.8) is 0 Å². The molecule has 0 amide bonds. The maximum Gasteiger partial charge on any atom is 0.343 e. The Morgan fingerprint density at radius 1 is 0.926 bits per heavy atom. The largest absolute Gasteiger partial charge is 0.477 e. The standard InChI is InChI=1S/C20H16N2O5/c1-25-19(17(18(23)24)14-7-3-2-4-8-14)26-15-9-5-10-16(13-15)27-20-21-11-6-12-22-20/h2-13H,1H3,(H,23,24). The lowest BCUT2D eigenvalue weighted by atomic mass is 10.1. The molecule has 1 heterocycles. The van der Waals surface area contributed by atoms with E-state index in [2.05, 4.69) is 9.97 Å². The monoisotopic (exact) mass is 364 g/mol. The molecule has 7 heteroatoms. The van der Waals surface area contributed by atoms with Gasteiger partial charge in [-0.1, -0.05) is 36.4 Å². The van der Waals surface area contributed by atoms with Gasteiger partial charge in [-0.3, -0.25) is 0 Å². The quantitative estimate of drug-likeness (QED) is 0.504. The van der Waals surface area contributed by atoms with Crippen LogP contribution in [0.1, 0.15) is 5.56 Å². The van der Waals surface area contributed by atoms with Crippen molar-refractivity contribution in [1.29, 1.82) is 0 Å². The zero-order valence-electron chi connectivity index (χ0n) is 14.4. The van der Waals surface area contributed by atoms with E-state index in [0.29, 0.717) is 17.1 Å². The first-order chi connectivity index (χ1) is 13.2. The maximum absolute atomic E-state index is 11.7. The molecular formula is C20H16N2O5. The molecule has 0 aliphatic rings. The molecule has 136 valence electrons. The van der Waals surface area contributed by atoms with Crippen LogP contribution < -0.4 is 9.47 Å². The first kappa shape index (κ1) is 17.9. The van der Waals surface area contributed by atoms with E-state index >= 15 is 0 Å². The Bertz CT molecular complexity index is 943. The van der Waals surface area contributed by atoms with Gasteiger partial charge in [0.15, 0.2) is 0 Å². The SMILES string of the molecule is COC(Oc1cccc(Oc2ncccn2)c1)=C(C(=O)O)c1ccccc1. The number of hydrogen-bond donors (Lipinski definition) is 1. The summed E-state index contributed by atoms with van der Waals surface area (Å²) in [4.78, 5) is 19.7. The second-order valence-electron chi connectivity index (χ2n) is 5.25. The van der Waals surface area contributed by atoms with Crippen LogP contribution in [-0.4, -0.2) is 28.2 Å². The van der Waals surface area contributed by atoms with Crippen molar-refractivity contribution < 1.29 is 24.1 Å². The molecule has 0 radical (unpaired) electrons. The molecule has 0 aliphatic heterocycles. The summed E-state index contributed by atoms with van der Waals surface area (Å²) in [6.07, 6.45) is 3.13. The number of aliphatic carboxylic acids is 1. The number of benzene rings is 2. The van der Waals surface area contributed by atoms with E-state index in [0.717, 1.165) is 0 Å². The van der Waals surface area contributed by atoms with Gasteiger partial charge in [0, 0.05) is 18.5 Å². The van der Waals surface area contributed by atoms with Crippen molar-refractivity contribution in [2.45, 2.75) is 0 Å². The third-order valence-corrected chi connectivity index (χ3v) is 3.43. The van der Waals surface area contributed by atoms with Crippen LogP contribution in [0.2, 0.25) is 0 Å². The van der Waals surface area contributed by atoms with Crippen LogP contribution in [-0.2, 0) is 9.53 Å². The van der Waals surface area contributed by atoms with Gasteiger partial charge in [0.2, 0.25) is 0 Å². The molecule has 1 aromatic heterocycles. The molecule has 0 bridgehead atoms. The van der Waals surface area contributed by atoms with Crippen LogP contribution in [0, 0.1) is 0 Å². The number of rotatable bonds is 7. The van der Waals surface area contributed by atoms with Crippen molar-refractivity contribution in [3.8, 4) is 17.5 Å². The van der Waals surface area contributed by atoms with Gasteiger partial charge in [-0.2, -0.15) is 0 Å². The van der Waals surface area contributed by atoms with Crippen molar-refractivity contribution in [3.05, 3.63) is 84.6 Å². The Balaban J connectivity index is 1.90. The Morgan fingerprint density at radius 3 is 2.30 bits per heavy atom. The Hall–Kier alpha value is -3.87. The summed E-state index contributed by atoms with van der Waals surface area (Å²) in [6, 6.07) is 17.1. The molecule has 0 saturated carbocycles. The van der Waals surface area contributed by atoms with Gasteiger partial charge >= 0.3 is 12.0 Å². The van der Waals surface area contributed by atoms with E-state index in [1.54, 1.807) is 73.1 Å². The fourth-order valence-corrected chi connectivity index (χ4v) is 2.28. The highest BCUT2D eigenvalue weighted by molar-refractivity contribution is 6.15. The average Bonchev–Trinajstić information content (AvgIpc) is 2.69. The summed E-state index contributed by atoms with van der Waals surface area (Å²) in [5, 5.41) is 9.60. The Morgan fingerprint density at radius 2 is 1.63 bits per heavy atom.